The second-order valence-corrected chi connectivity index (χ2v) is 9.69. The molecule has 0 saturated carbocycles. The molecule has 8 heteroatoms. The van der Waals surface area contributed by atoms with Crippen LogP contribution in [0.3, 0.4) is 0 Å². The van der Waals surface area contributed by atoms with Gasteiger partial charge >= 0.3 is 0 Å². The third-order valence-electron chi connectivity index (χ3n) is 5.00. The number of benzene rings is 3. The van der Waals surface area contributed by atoms with Gasteiger partial charge in [0, 0.05) is 22.2 Å². The van der Waals surface area contributed by atoms with Crippen molar-refractivity contribution in [3.63, 3.8) is 0 Å². The molecule has 1 atom stereocenters. The van der Waals surface area contributed by atoms with Crippen LogP contribution in [0.1, 0.15) is 17.5 Å². The fourth-order valence-electron chi connectivity index (χ4n) is 3.37. The highest BCUT2D eigenvalue weighted by atomic mass is 35.5. The Balaban J connectivity index is 1.60. The number of carbonyl (C=O) groups is 2. The monoisotopic (exact) mass is 497 g/mol. The summed E-state index contributed by atoms with van der Waals surface area (Å²) in [5, 5.41) is 3.94. The summed E-state index contributed by atoms with van der Waals surface area (Å²) in [5.74, 6) is -0.405. The molecule has 1 unspecified atom stereocenters. The molecule has 0 bridgehead atoms. The summed E-state index contributed by atoms with van der Waals surface area (Å²) >= 11 is 13.4. The minimum atomic E-state index is -0.600. The summed E-state index contributed by atoms with van der Waals surface area (Å²) in [7, 11) is 0. The van der Waals surface area contributed by atoms with E-state index in [2.05, 4.69) is 10.3 Å². The van der Waals surface area contributed by atoms with Gasteiger partial charge in [0.15, 0.2) is 5.17 Å². The normalized spacial score (nSPS) is 17.3. The number of hydrogen-bond acceptors (Lipinski definition) is 4. The smallest absolute Gasteiger partial charge is 0.238 e. The van der Waals surface area contributed by atoms with Crippen LogP contribution in [0, 0.1) is 6.92 Å². The molecule has 4 rings (SSSR count). The summed E-state index contributed by atoms with van der Waals surface area (Å²) in [6.07, 6.45) is 0.0739. The zero-order valence-electron chi connectivity index (χ0n) is 17.8. The van der Waals surface area contributed by atoms with Crippen molar-refractivity contribution in [2.45, 2.75) is 25.1 Å². The van der Waals surface area contributed by atoms with E-state index < -0.39 is 5.25 Å². The molecule has 33 heavy (non-hydrogen) atoms. The Bertz CT molecular complexity index is 1210. The third kappa shape index (κ3) is 6.16. The molecule has 1 heterocycles. The van der Waals surface area contributed by atoms with E-state index in [9.17, 15) is 9.59 Å². The molecule has 1 N–H and O–H groups in total. The highest BCUT2D eigenvalue weighted by molar-refractivity contribution is 8.15. The van der Waals surface area contributed by atoms with Crippen molar-refractivity contribution in [2.24, 2.45) is 4.99 Å². The number of rotatable bonds is 5. The molecule has 3 aromatic carbocycles. The lowest BCUT2D eigenvalue weighted by molar-refractivity contribution is -0.129. The van der Waals surface area contributed by atoms with E-state index in [-0.39, 0.29) is 18.2 Å². The van der Waals surface area contributed by atoms with Crippen molar-refractivity contribution < 1.29 is 9.59 Å². The Labute approximate surface area is 206 Å². The summed E-state index contributed by atoms with van der Waals surface area (Å²) in [4.78, 5) is 32.4. The molecule has 0 spiro atoms. The van der Waals surface area contributed by atoms with Gasteiger partial charge < -0.3 is 5.32 Å². The number of nitrogens with one attached hydrogen (secondary N) is 1. The van der Waals surface area contributed by atoms with Gasteiger partial charge in [-0.15, -0.1) is 0 Å². The SMILES string of the molecule is Cc1cccc(NC(=O)C2CC(=O)N(Cc3ccc(Cl)cc3)C(=Nc3cccc(Cl)c3)S2)c1. The maximum Gasteiger partial charge on any atom is 0.238 e. The molecule has 1 aliphatic heterocycles. The molecule has 1 fully saturated rings. The number of thioether (sulfide) groups is 1. The van der Waals surface area contributed by atoms with Gasteiger partial charge in [-0.25, -0.2) is 4.99 Å². The highest BCUT2D eigenvalue weighted by Crippen LogP contribution is 2.31. The minimum absolute atomic E-state index is 0.0739. The lowest BCUT2D eigenvalue weighted by atomic mass is 10.2. The van der Waals surface area contributed by atoms with Crippen LogP contribution >= 0.6 is 35.0 Å². The highest BCUT2D eigenvalue weighted by Gasteiger charge is 2.36. The fourth-order valence-corrected chi connectivity index (χ4v) is 4.78. The van der Waals surface area contributed by atoms with Gasteiger partial charge in [-0.3, -0.25) is 14.5 Å². The summed E-state index contributed by atoms with van der Waals surface area (Å²) in [5.41, 5.74) is 3.26. The van der Waals surface area contributed by atoms with Gasteiger partial charge in [0.25, 0.3) is 0 Å². The molecule has 5 nitrogen and oxygen atoms in total. The first kappa shape index (κ1) is 23.4. The molecule has 1 aliphatic rings. The molecule has 168 valence electrons. The van der Waals surface area contributed by atoms with Crippen LogP contribution in [0.25, 0.3) is 0 Å². The number of anilines is 1. The Kier molecular flexibility index (Phi) is 7.38. The molecular formula is C25H21Cl2N3O2S. The summed E-state index contributed by atoms with van der Waals surface area (Å²) in [6, 6.07) is 21.9. The number of halogens is 2. The number of aliphatic imine (C=N–C) groups is 1. The summed E-state index contributed by atoms with van der Waals surface area (Å²) < 4.78 is 0. The van der Waals surface area contributed by atoms with Crippen molar-refractivity contribution in [1.29, 1.82) is 0 Å². The maximum absolute atomic E-state index is 13.2. The van der Waals surface area contributed by atoms with Gasteiger partial charge in [0.1, 0.15) is 5.25 Å². The lowest BCUT2D eigenvalue weighted by Gasteiger charge is -2.32. The second kappa shape index (κ2) is 10.4. The number of nitrogens with zero attached hydrogens (tertiary/aromatic N) is 2. The Morgan fingerprint density at radius 2 is 1.82 bits per heavy atom. The van der Waals surface area contributed by atoms with Crippen molar-refractivity contribution in [3.8, 4) is 0 Å². The average molecular weight is 498 g/mol. The largest absolute Gasteiger partial charge is 0.325 e. The maximum atomic E-state index is 13.2. The fraction of sp³-hybridized carbons (Fsp3) is 0.160. The van der Waals surface area contributed by atoms with E-state index in [0.29, 0.717) is 33.1 Å². The van der Waals surface area contributed by atoms with Crippen LogP contribution in [0.2, 0.25) is 10.0 Å². The average Bonchev–Trinajstić information content (AvgIpc) is 2.77. The first-order valence-corrected chi connectivity index (χ1v) is 11.9. The number of amidine groups is 1. The van der Waals surface area contributed by atoms with Crippen LogP contribution in [0.5, 0.6) is 0 Å². The van der Waals surface area contributed by atoms with Gasteiger partial charge in [-0.2, -0.15) is 0 Å². The first-order chi connectivity index (χ1) is 15.9. The van der Waals surface area contributed by atoms with Crippen molar-refractivity contribution in [1.82, 2.24) is 4.90 Å². The molecule has 0 aromatic heterocycles. The number of amides is 2. The zero-order valence-corrected chi connectivity index (χ0v) is 20.1. The van der Waals surface area contributed by atoms with E-state index in [1.54, 1.807) is 41.3 Å². The Morgan fingerprint density at radius 3 is 2.55 bits per heavy atom. The topological polar surface area (TPSA) is 61.8 Å². The quantitative estimate of drug-likeness (QED) is 0.439. The molecule has 1 saturated heterocycles. The molecule has 0 aliphatic carbocycles. The van der Waals surface area contributed by atoms with E-state index in [1.165, 1.54) is 11.8 Å². The molecule has 0 radical (unpaired) electrons. The van der Waals surface area contributed by atoms with Crippen LogP contribution < -0.4 is 5.32 Å². The van der Waals surface area contributed by atoms with Crippen molar-refractivity contribution >= 4 is 63.3 Å². The van der Waals surface area contributed by atoms with Gasteiger partial charge in [-0.1, -0.05) is 65.3 Å². The van der Waals surface area contributed by atoms with Crippen LogP contribution in [-0.2, 0) is 16.1 Å². The van der Waals surface area contributed by atoms with Gasteiger partial charge in [0.05, 0.1) is 12.2 Å². The van der Waals surface area contributed by atoms with E-state index in [1.807, 2.05) is 43.3 Å². The van der Waals surface area contributed by atoms with Crippen LogP contribution in [0.15, 0.2) is 77.8 Å². The number of carbonyl (C=O) groups excluding carboxylic acids is 2. The lowest BCUT2D eigenvalue weighted by Crippen LogP contribution is -2.44. The van der Waals surface area contributed by atoms with E-state index in [0.717, 1.165) is 11.1 Å². The van der Waals surface area contributed by atoms with Crippen LogP contribution in [0.4, 0.5) is 11.4 Å². The van der Waals surface area contributed by atoms with E-state index in [4.69, 9.17) is 23.2 Å². The molecule has 2 amide bonds. The van der Waals surface area contributed by atoms with Crippen molar-refractivity contribution in [2.75, 3.05) is 5.32 Å². The van der Waals surface area contributed by atoms with E-state index >= 15 is 0 Å². The summed E-state index contributed by atoms with van der Waals surface area (Å²) in [6.45, 7) is 2.29. The number of aryl methyl sites for hydroxylation is 1. The zero-order chi connectivity index (χ0) is 23.4. The predicted molar refractivity (Wildman–Crippen MR) is 136 cm³/mol. The second-order valence-electron chi connectivity index (χ2n) is 7.65. The third-order valence-corrected chi connectivity index (χ3v) is 6.68. The Hall–Kier alpha value is -2.80. The van der Waals surface area contributed by atoms with Gasteiger partial charge in [-0.05, 0) is 60.5 Å². The standard InChI is InChI=1S/C25H21Cl2N3O2S/c1-16-4-2-6-20(12-16)28-24(32)22-14-23(31)30(15-17-8-10-18(26)11-9-17)25(33-22)29-21-7-3-5-19(27)13-21/h2-13,22H,14-15H2,1H3,(H,28,32). The van der Waals surface area contributed by atoms with Crippen molar-refractivity contribution in [3.05, 3.63) is 94.0 Å². The Morgan fingerprint density at radius 1 is 1.06 bits per heavy atom. The minimum Gasteiger partial charge on any atom is -0.325 e. The first-order valence-electron chi connectivity index (χ1n) is 10.3. The molecular weight excluding hydrogens is 477 g/mol. The van der Waals surface area contributed by atoms with Gasteiger partial charge in [0.2, 0.25) is 11.8 Å². The molecule has 3 aromatic rings. The predicted octanol–water partition coefficient (Wildman–Crippen LogP) is 6.46. The number of hydrogen-bond donors (Lipinski definition) is 1. The van der Waals surface area contributed by atoms with Crippen LogP contribution in [-0.4, -0.2) is 27.1 Å².